The van der Waals surface area contributed by atoms with Gasteiger partial charge in [-0.2, -0.15) is 0 Å². The molecule has 0 spiro atoms. The van der Waals surface area contributed by atoms with Crippen LogP contribution < -0.4 is 5.32 Å². The predicted molar refractivity (Wildman–Crippen MR) is 71.7 cm³/mol. The average molecular weight is 281 g/mol. The summed E-state index contributed by atoms with van der Waals surface area (Å²) in [5, 5.41) is 24.3. The van der Waals surface area contributed by atoms with Crippen LogP contribution in [-0.4, -0.2) is 21.8 Å². The summed E-state index contributed by atoms with van der Waals surface area (Å²) >= 11 is 0. The summed E-state index contributed by atoms with van der Waals surface area (Å²) < 4.78 is 0. The Bertz CT molecular complexity index is 570. The standard InChI is InChI=1S/C12H15N3O5/c1-4-7(2)13-12(16)10-5-9(14(17)18)6-11(8(10)3)15(19)20/h5-7H,4H2,1-3H3,(H,13,16). The largest absolute Gasteiger partial charge is 0.350 e. The monoisotopic (exact) mass is 281 g/mol. The number of hydrogen-bond donors (Lipinski definition) is 1. The van der Waals surface area contributed by atoms with E-state index in [0.717, 1.165) is 12.1 Å². The van der Waals surface area contributed by atoms with Crippen LogP contribution in [0.2, 0.25) is 0 Å². The van der Waals surface area contributed by atoms with Gasteiger partial charge in [-0.1, -0.05) is 6.92 Å². The van der Waals surface area contributed by atoms with E-state index in [4.69, 9.17) is 0 Å². The van der Waals surface area contributed by atoms with Crippen LogP contribution in [0.25, 0.3) is 0 Å². The molecule has 0 fully saturated rings. The first-order chi connectivity index (χ1) is 9.27. The molecule has 0 aliphatic carbocycles. The maximum absolute atomic E-state index is 12.0. The lowest BCUT2D eigenvalue weighted by Crippen LogP contribution is -2.32. The molecule has 8 nitrogen and oxygen atoms in total. The number of benzene rings is 1. The molecule has 1 N–H and O–H groups in total. The van der Waals surface area contributed by atoms with E-state index in [9.17, 15) is 25.0 Å². The number of amides is 1. The van der Waals surface area contributed by atoms with Gasteiger partial charge in [-0.3, -0.25) is 25.0 Å². The minimum atomic E-state index is -0.757. The van der Waals surface area contributed by atoms with Crippen LogP contribution in [-0.2, 0) is 0 Å². The lowest BCUT2D eigenvalue weighted by molar-refractivity contribution is -0.394. The third-order valence-corrected chi connectivity index (χ3v) is 3.01. The second-order valence-corrected chi connectivity index (χ2v) is 4.43. The number of carbonyl (C=O) groups is 1. The molecule has 1 unspecified atom stereocenters. The number of nitrogens with one attached hydrogen (secondary N) is 1. The number of carbonyl (C=O) groups excluding carboxylic acids is 1. The van der Waals surface area contributed by atoms with Gasteiger partial charge in [-0.15, -0.1) is 0 Å². The number of rotatable bonds is 5. The van der Waals surface area contributed by atoms with Crippen LogP contribution in [0.4, 0.5) is 11.4 Å². The Morgan fingerprint density at radius 1 is 1.30 bits per heavy atom. The highest BCUT2D eigenvalue weighted by molar-refractivity contribution is 5.97. The van der Waals surface area contributed by atoms with Gasteiger partial charge in [-0.05, 0) is 20.3 Å². The van der Waals surface area contributed by atoms with Crippen molar-refractivity contribution in [3.05, 3.63) is 43.5 Å². The van der Waals surface area contributed by atoms with Gasteiger partial charge in [0.1, 0.15) is 0 Å². The normalized spacial score (nSPS) is 11.8. The molecule has 0 heterocycles. The second-order valence-electron chi connectivity index (χ2n) is 4.43. The van der Waals surface area contributed by atoms with Gasteiger partial charge in [0.15, 0.2) is 0 Å². The molecule has 0 bridgehead atoms. The van der Waals surface area contributed by atoms with Crippen molar-refractivity contribution in [1.82, 2.24) is 5.32 Å². The summed E-state index contributed by atoms with van der Waals surface area (Å²) in [6.07, 6.45) is 0.682. The fourth-order valence-electron chi connectivity index (χ4n) is 1.62. The number of nitrogens with zero attached hydrogens (tertiary/aromatic N) is 2. The van der Waals surface area contributed by atoms with Crippen LogP contribution in [0.1, 0.15) is 36.2 Å². The molecule has 20 heavy (non-hydrogen) atoms. The van der Waals surface area contributed by atoms with Crippen molar-refractivity contribution < 1.29 is 14.6 Å². The summed E-state index contributed by atoms with van der Waals surface area (Å²) in [7, 11) is 0. The molecule has 1 atom stereocenters. The van der Waals surface area contributed by atoms with Gasteiger partial charge in [0.05, 0.1) is 21.5 Å². The smallest absolute Gasteiger partial charge is 0.279 e. The molecular formula is C12H15N3O5. The molecule has 0 saturated heterocycles. The van der Waals surface area contributed by atoms with Crippen molar-refractivity contribution in [2.24, 2.45) is 0 Å². The molecule has 8 heteroatoms. The first-order valence-electron chi connectivity index (χ1n) is 6.02. The predicted octanol–water partition coefficient (Wildman–Crippen LogP) is 2.34. The van der Waals surface area contributed by atoms with E-state index < -0.39 is 27.1 Å². The number of hydrogen-bond acceptors (Lipinski definition) is 5. The molecule has 1 rings (SSSR count). The summed E-state index contributed by atoms with van der Waals surface area (Å²) in [6.45, 7) is 5.04. The van der Waals surface area contributed by atoms with Crippen molar-refractivity contribution >= 4 is 17.3 Å². The van der Waals surface area contributed by atoms with E-state index in [1.807, 2.05) is 6.92 Å². The molecule has 1 aromatic rings. The van der Waals surface area contributed by atoms with Gasteiger partial charge in [-0.25, -0.2) is 0 Å². The summed E-state index contributed by atoms with van der Waals surface area (Å²) in [5.74, 6) is -0.552. The van der Waals surface area contributed by atoms with Gasteiger partial charge < -0.3 is 5.32 Å². The molecule has 0 radical (unpaired) electrons. The Balaban J connectivity index is 3.34. The number of nitro groups is 2. The van der Waals surface area contributed by atoms with E-state index in [2.05, 4.69) is 5.32 Å². The van der Waals surface area contributed by atoms with Gasteiger partial charge in [0, 0.05) is 17.7 Å². The molecule has 1 amide bonds. The molecule has 108 valence electrons. The van der Waals surface area contributed by atoms with E-state index in [1.54, 1.807) is 6.92 Å². The van der Waals surface area contributed by atoms with Crippen molar-refractivity contribution in [3.8, 4) is 0 Å². The zero-order valence-electron chi connectivity index (χ0n) is 11.4. The maximum Gasteiger partial charge on any atom is 0.279 e. The zero-order valence-corrected chi connectivity index (χ0v) is 11.4. The van der Waals surface area contributed by atoms with E-state index >= 15 is 0 Å². The maximum atomic E-state index is 12.0. The lowest BCUT2D eigenvalue weighted by atomic mass is 10.0. The first-order valence-corrected chi connectivity index (χ1v) is 6.02. The highest BCUT2D eigenvalue weighted by Gasteiger charge is 2.24. The zero-order chi connectivity index (χ0) is 15.4. The van der Waals surface area contributed by atoms with E-state index in [0.29, 0.717) is 6.42 Å². The average Bonchev–Trinajstić information content (AvgIpc) is 2.37. The third-order valence-electron chi connectivity index (χ3n) is 3.01. The van der Waals surface area contributed by atoms with Gasteiger partial charge in [0.2, 0.25) is 0 Å². The fourth-order valence-corrected chi connectivity index (χ4v) is 1.62. The first kappa shape index (κ1) is 15.5. The van der Waals surface area contributed by atoms with Crippen molar-refractivity contribution in [1.29, 1.82) is 0 Å². The summed E-state index contributed by atoms with van der Waals surface area (Å²) in [6, 6.07) is 1.79. The fraction of sp³-hybridized carbons (Fsp3) is 0.417. The van der Waals surface area contributed by atoms with Gasteiger partial charge >= 0.3 is 0 Å². The second kappa shape index (κ2) is 6.09. The topological polar surface area (TPSA) is 115 Å². The minimum absolute atomic E-state index is 0.0498. The number of nitro benzene ring substituents is 2. The summed E-state index contributed by atoms with van der Waals surface area (Å²) in [4.78, 5) is 32.2. The highest BCUT2D eigenvalue weighted by Crippen LogP contribution is 2.28. The molecule has 1 aromatic carbocycles. The third kappa shape index (κ3) is 3.28. The Hall–Kier alpha value is -2.51. The van der Waals surface area contributed by atoms with Gasteiger partial charge in [0.25, 0.3) is 17.3 Å². The molecule has 0 aliphatic rings. The van der Waals surface area contributed by atoms with Crippen LogP contribution in [0.3, 0.4) is 0 Å². The van der Waals surface area contributed by atoms with Crippen molar-refractivity contribution in [2.45, 2.75) is 33.2 Å². The Morgan fingerprint density at radius 3 is 2.35 bits per heavy atom. The lowest BCUT2D eigenvalue weighted by Gasteiger charge is -2.12. The van der Waals surface area contributed by atoms with Crippen molar-refractivity contribution in [2.75, 3.05) is 0 Å². The Kier molecular flexibility index (Phi) is 4.73. The highest BCUT2D eigenvalue weighted by atomic mass is 16.6. The van der Waals surface area contributed by atoms with E-state index in [-0.39, 0.29) is 17.2 Å². The quantitative estimate of drug-likeness (QED) is 0.656. The molecule has 0 aliphatic heterocycles. The van der Waals surface area contributed by atoms with Crippen LogP contribution >= 0.6 is 0 Å². The molecular weight excluding hydrogens is 266 g/mol. The Labute approximate surface area is 115 Å². The summed E-state index contributed by atoms with van der Waals surface area (Å²) in [5.41, 5.74) is -0.849. The Morgan fingerprint density at radius 2 is 1.90 bits per heavy atom. The van der Waals surface area contributed by atoms with Crippen LogP contribution in [0, 0.1) is 27.2 Å². The number of non-ortho nitro benzene ring substituents is 1. The van der Waals surface area contributed by atoms with Crippen molar-refractivity contribution in [3.63, 3.8) is 0 Å². The minimum Gasteiger partial charge on any atom is -0.350 e. The van der Waals surface area contributed by atoms with Crippen LogP contribution in [0.15, 0.2) is 12.1 Å². The molecule has 0 saturated carbocycles. The van der Waals surface area contributed by atoms with E-state index in [1.165, 1.54) is 6.92 Å². The SMILES string of the molecule is CCC(C)NC(=O)c1cc([N+](=O)[O-])cc([N+](=O)[O-])c1C. The van der Waals surface area contributed by atoms with Crippen LogP contribution in [0.5, 0.6) is 0 Å². The molecule has 0 aromatic heterocycles.